The lowest BCUT2D eigenvalue weighted by molar-refractivity contribution is 0.0766. The van der Waals surface area contributed by atoms with E-state index in [9.17, 15) is 4.79 Å². The number of rotatable bonds is 6. The first-order valence-corrected chi connectivity index (χ1v) is 9.79. The number of thioether (sulfide) groups is 1. The van der Waals surface area contributed by atoms with E-state index in [0.717, 1.165) is 10.5 Å². The van der Waals surface area contributed by atoms with Crippen LogP contribution in [-0.4, -0.2) is 33.2 Å². The third-order valence-electron chi connectivity index (χ3n) is 3.77. The van der Waals surface area contributed by atoms with Crippen molar-refractivity contribution in [2.75, 3.05) is 7.05 Å². The Hall–Kier alpha value is -2.31. The van der Waals surface area contributed by atoms with Crippen LogP contribution in [0.2, 0.25) is 5.02 Å². The van der Waals surface area contributed by atoms with Crippen LogP contribution in [0, 0.1) is 0 Å². The summed E-state index contributed by atoms with van der Waals surface area (Å²) in [7, 11) is 1.73. The standard InChI is InChI=1S/C20H20ClN3O2S/c1-13(2)27-17-7-5-4-6-16(17)20(25)24(3)12-18-22-19(23-26-18)14-8-10-15(21)11-9-14/h4-11,13H,12H2,1-3H3. The summed E-state index contributed by atoms with van der Waals surface area (Å²) in [4.78, 5) is 19.8. The van der Waals surface area contributed by atoms with Crippen LogP contribution in [-0.2, 0) is 6.54 Å². The number of benzene rings is 2. The maximum atomic E-state index is 12.9. The number of amides is 1. The monoisotopic (exact) mass is 401 g/mol. The van der Waals surface area contributed by atoms with E-state index in [1.54, 1.807) is 35.8 Å². The minimum absolute atomic E-state index is 0.0787. The van der Waals surface area contributed by atoms with Crippen molar-refractivity contribution in [3.8, 4) is 11.4 Å². The number of carbonyl (C=O) groups is 1. The molecular formula is C20H20ClN3O2S. The van der Waals surface area contributed by atoms with E-state index >= 15 is 0 Å². The third kappa shape index (κ3) is 4.90. The highest BCUT2D eigenvalue weighted by molar-refractivity contribution is 8.00. The van der Waals surface area contributed by atoms with Crippen LogP contribution in [0.25, 0.3) is 11.4 Å². The van der Waals surface area contributed by atoms with E-state index in [0.29, 0.717) is 27.6 Å². The van der Waals surface area contributed by atoms with Crippen molar-refractivity contribution in [3.63, 3.8) is 0 Å². The third-order valence-corrected chi connectivity index (χ3v) is 5.10. The van der Waals surface area contributed by atoms with Crippen LogP contribution < -0.4 is 0 Å². The van der Waals surface area contributed by atoms with Crippen LogP contribution in [0.5, 0.6) is 0 Å². The molecule has 0 bridgehead atoms. The molecule has 1 aromatic heterocycles. The molecular weight excluding hydrogens is 382 g/mol. The van der Waals surface area contributed by atoms with E-state index in [4.69, 9.17) is 16.1 Å². The first-order valence-electron chi connectivity index (χ1n) is 8.53. The van der Waals surface area contributed by atoms with Gasteiger partial charge in [0.15, 0.2) is 0 Å². The molecule has 0 unspecified atom stereocenters. The second-order valence-corrected chi connectivity index (χ2v) is 8.40. The molecule has 0 radical (unpaired) electrons. The fourth-order valence-corrected chi connectivity index (χ4v) is 3.59. The summed E-state index contributed by atoms with van der Waals surface area (Å²) in [6.45, 7) is 4.44. The number of hydrogen-bond donors (Lipinski definition) is 0. The molecule has 140 valence electrons. The molecule has 1 heterocycles. The molecule has 0 saturated heterocycles. The molecule has 0 fully saturated rings. The molecule has 1 amide bonds. The number of carbonyl (C=O) groups excluding carboxylic acids is 1. The molecule has 0 N–H and O–H groups in total. The fraction of sp³-hybridized carbons (Fsp3) is 0.250. The minimum Gasteiger partial charge on any atom is -0.337 e. The van der Waals surface area contributed by atoms with E-state index < -0.39 is 0 Å². The van der Waals surface area contributed by atoms with Gasteiger partial charge >= 0.3 is 0 Å². The average molecular weight is 402 g/mol. The first-order chi connectivity index (χ1) is 12.9. The van der Waals surface area contributed by atoms with Gasteiger partial charge in [-0.2, -0.15) is 4.98 Å². The first kappa shape index (κ1) is 19.5. The van der Waals surface area contributed by atoms with Crippen molar-refractivity contribution in [1.82, 2.24) is 15.0 Å². The molecule has 0 aliphatic carbocycles. The molecule has 3 rings (SSSR count). The van der Waals surface area contributed by atoms with Crippen LogP contribution in [0.3, 0.4) is 0 Å². The quantitative estimate of drug-likeness (QED) is 0.534. The van der Waals surface area contributed by atoms with Gasteiger partial charge in [-0.3, -0.25) is 4.79 Å². The topological polar surface area (TPSA) is 59.2 Å². The molecule has 27 heavy (non-hydrogen) atoms. The molecule has 2 aromatic carbocycles. The number of hydrogen-bond acceptors (Lipinski definition) is 5. The van der Waals surface area contributed by atoms with Crippen molar-refractivity contribution < 1.29 is 9.32 Å². The highest BCUT2D eigenvalue weighted by Gasteiger charge is 2.19. The van der Waals surface area contributed by atoms with Gasteiger partial charge < -0.3 is 9.42 Å². The highest BCUT2D eigenvalue weighted by atomic mass is 35.5. The van der Waals surface area contributed by atoms with Crippen molar-refractivity contribution in [2.45, 2.75) is 30.5 Å². The Morgan fingerprint density at radius 1 is 1.19 bits per heavy atom. The summed E-state index contributed by atoms with van der Waals surface area (Å²) in [6.07, 6.45) is 0. The summed E-state index contributed by atoms with van der Waals surface area (Å²) in [6, 6.07) is 14.8. The Kier molecular flexibility index (Phi) is 6.19. The predicted molar refractivity (Wildman–Crippen MR) is 108 cm³/mol. The lowest BCUT2D eigenvalue weighted by Crippen LogP contribution is -2.26. The number of halogens is 1. The molecule has 7 heteroatoms. The molecule has 3 aromatic rings. The normalized spacial score (nSPS) is 11.0. The zero-order valence-electron chi connectivity index (χ0n) is 15.3. The van der Waals surface area contributed by atoms with Crippen molar-refractivity contribution in [2.24, 2.45) is 0 Å². The fourth-order valence-electron chi connectivity index (χ4n) is 2.52. The van der Waals surface area contributed by atoms with Gasteiger partial charge in [0, 0.05) is 27.8 Å². The van der Waals surface area contributed by atoms with Gasteiger partial charge in [-0.15, -0.1) is 11.8 Å². The van der Waals surface area contributed by atoms with Crippen LogP contribution >= 0.6 is 23.4 Å². The summed E-state index contributed by atoms with van der Waals surface area (Å²) >= 11 is 7.57. The van der Waals surface area contributed by atoms with E-state index in [-0.39, 0.29) is 12.5 Å². The molecule has 0 atom stereocenters. The lowest BCUT2D eigenvalue weighted by Gasteiger charge is -2.17. The average Bonchev–Trinajstić information content (AvgIpc) is 3.10. The van der Waals surface area contributed by atoms with Crippen molar-refractivity contribution >= 4 is 29.3 Å². The maximum Gasteiger partial charge on any atom is 0.255 e. The minimum atomic E-state index is -0.0787. The molecule has 0 spiro atoms. The second-order valence-electron chi connectivity index (χ2n) is 6.34. The highest BCUT2D eigenvalue weighted by Crippen LogP contribution is 2.27. The summed E-state index contributed by atoms with van der Waals surface area (Å²) in [5, 5.41) is 5.02. The van der Waals surface area contributed by atoms with Gasteiger partial charge in [-0.05, 0) is 36.4 Å². The van der Waals surface area contributed by atoms with Gasteiger partial charge in [0.1, 0.15) is 0 Å². The number of aromatic nitrogens is 2. The number of nitrogens with zero attached hydrogens (tertiary/aromatic N) is 3. The Balaban J connectivity index is 1.73. The Labute approximate surface area is 167 Å². The van der Waals surface area contributed by atoms with E-state index in [2.05, 4.69) is 24.0 Å². The Morgan fingerprint density at radius 2 is 1.89 bits per heavy atom. The smallest absolute Gasteiger partial charge is 0.255 e. The predicted octanol–water partition coefficient (Wildman–Crippen LogP) is 5.16. The van der Waals surface area contributed by atoms with E-state index in [1.165, 1.54) is 0 Å². The van der Waals surface area contributed by atoms with Crippen LogP contribution in [0.15, 0.2) is 57.9 Å². The van der Waals surface area contributed by atoms with Gasteiger partial charge in [0.25, 0.3) is 5.91 Å². The SMILES string of the molecule is CC(C)Sc1ccccc1C(=O)N(C)Cc1nc(-c2ccc(Cl)cc2)no1. The summed E-state index contributed by atoms with van der Waals surface area (Å²) < 4.78 is 5.31. The zero-order chi connectivity index (χ0) is 19.4. The Morgan fingerprint density at radius 3 is 2.59 bits per heavy atom. The molecule has 0 saturated carbocycles. The largest absolute Gasteiger partial charge is 0.337 e. The van der Waals surface area contributed by atoms with Gasteiger partial charge in [-0.1, -0.05) is 42.7 Å². The van der Waals surface area contributed by atoms with Crippen molar-refractivity contribution in [1.29, 1.82) is 0 Å². The van der Waals surface area contributed by atoms with Gasteiger partial charge in [-0.25, -0.2) is 0 Å². The van der Waals surface area contributed by atoms with Gasteiger partial charge in [0.2, 0.25) is 11.7 Å². The van der Waals surface area contributed by atoms with Crippen LogP contribution in [0.1, 0.15) is 30.1 Å². The maximum absolute atomic E-state index is 12.9. The van der Waals surface area contributed by atoms with Gasteiger partial charge in [0.05, 0.1) is 12.1 Å². The van der Waals surface area contributed by atoms with E-state index in [1.807, 2.05) is 36.4 Å². The summed E-state index contributed by atoms with van der Waals surface area (Å²) in [5.74, 6) is 0.771. The van der Waals surface area contributed by atoms with Crippen molar-refractivity contribution in [3.05, 3.63) is 65.0 Å². The lowest BCUT2D eigenvalue weighted by atomic mass is 10.2. The molecule has 5 nitrogen and oxygen atoms in total. The van der Waals surface area contributed by atoms with Crippen LogP contribution in [0.4, 0.5) is 0 Å². The summed E-state index contributed by atoms with van der Waals surface area (Å²) in [5.41, 5.74) is 1.48. The second kappa shape index (κ2) is 8.59. The zero-order valence-corrected chi connectivity index (χ0v) is 16.9. The Bertz CT molecular complexity index is 925. The molecule has 0 aliphatic heterocycles. The molecule has 0 aliphatic rings.